The lowest BCUT2D eigenvalue weighted by Crippen LogP contribution is -2.32. The van der Waals surface area contributed by atoms with E-state index in [1.54, 1.807) is 6.20 Å². The zero-order valence-corrected chi connectivity index (χ0v) is 15.1. The van der Waals surface area contributed by atoms with Gasteiger partial charge in [-0.3, -0.25) is 4.98 Å². The van der Waals surface area contributed by atoms with Gasteiger partial charge in [0.1, 0.15) is 17.4 Å². The van der Waals surface area contributed by atoms with E-state index in [1.807, 2.05) is 60.7 Å². The van der Waals surface area contributed by atoms with Crippen LogP contribution in [0.4, 0.5) is 0 Å². The van der Waals surface area contributed by atoms with Gasteiger partial charge in [0.25, 0.3) is 0 Å². The van der Waals surface area contributed by atoms with Gasteiger partial charge in [0.05, 0.1) is 12.3 Å². The first kappa shape index (κ1) is 17.0. The Labute approximate surface area is 153 Å². The van der Waals surface area contributed by atoms with Gasteiger partial charge in [0.15, 0.2) is 0 Å². The van der Waals surface area contributed by atoms with Crippen molar-refractivity contribution in [2.75, 3.05) is 13.1 Å². The van der Waals surface area contributed by atoms with E-state index < -0.39 is 10.0 Å². The predicted molar refractivity (Wildman–Crippen MR) is 101 cm³/mol. The van der Waals surface area contributed by atoms with Crippen LogP contribution in [0, 0.1) is 0 Å². The zero-order valence-electron chi connectivity index (χ0n) is 14.3. The molecule has 0 amide bonds. The Hall–Kier alpha value is -2.44. The largest absolute Gasteiger partial charge is 0.487 e. The molecule has 0 spiro atoms. The molecule has 134 valence electrons. The highest BCUT2D eigenvalue weighted by molar-refractivity contribution is 7.88. The number of rotatable bonds is 5. The number of pyridine rings is 1. The summed E-state index contributed by atoms with van der Waals surface area (Å²) in [5.74, 6) is 0.728. The predicted octanol–water partition coefficient (Wildman–Crippen LogP) is 3.22. The molecule has 0 aliphatic carbocycles. The van der Waals surface area contributed by atoms with Crippen molar-refractivity contribution in [1.82, 2.24) is 9.29 Å². The molecule has 6 heteroatoms. The van der Waals surface area contributed by atoms with Crippen molar-refractivity contribution in [3.63, 3.8) is 0 Å². The van der Waals surface area contributed by atoms with Gasteiger partial charge in [-0.2, -0.15) is 4.31 Å². The lowest BCUT2D eigenvalue weighted by molar-refractivity contribution is 0.218. The van der Waals surface area contributed by atoms with Crippen molar-refractivity contribution in [3.8, 4) is 5.75 Å². The Morgan fingerprint density at radius 1 is 1.04 bits per heavy atom. The number of hydrogen-bond acceptors (Lipinski definition) is 4. The summed E-state index contributed by atoms with van der Waals surface area (Å²) in [5.41, 5.74) is 1.61. The molecule has 2 aromatic carbocycles. The van der Waals surface area contributed by atoms with E-state index in [0.29, 0.717) is 25.3 Å². The Balaban J connectivity index is 1.46. The van der Waals surface area contributed by atoms with Gasteiger partial charge in [-0.05, 0) is 24.1 Å². The van der Waals surface area contributed by atoms with Crippen LogP contribution in [0.3, 0.4) is 0 Å². The second kappa shape index (κ2) is 7.05. The molecule has 1 fully saturated rings. The fraction of sp³-hybridized carbons (Fsp3) is 0.250. The maximum absolute atomic E-state index is 12.7. The molecule has 0 N–H and O–H groups in total. The van der Waals surface area contributed by atoms with Gasteiger partial charge in [0.2, 0.25) is 10.0 Å². The smallest absolute Gasteiger partial charge is 0.218 e. The van der Waals surface area contributed by atoms with E-state index in [-0.39, 0.29) is 11.9 Å². The normalized spacial score (nSPS) is 18.2. The summed E-state index contributed by atoms with van der Waals surface area (Å²) in [6.45, 7) is 0.858. The Morgan fingerprint density at radius 2 is 1.85 bits per heavy atom. The van der Waals surface area contributed by atoms with E-state index in [0.717, 1.165) is 16.5 Å². The lowest BCUT2D eigenvalue weighted by Gasteiger charge is -2.18. The van der Waals surface area contributed by atoms with Crippen LogP contribution in [0.25, 0.3) is 10.9 Å². The molecule has 26 heavy (non-hydrogen) atoms. The van der Waals surface area contributed by atoms with E-state index in [1.165, 1.54) is 4.31 Å². The molecule has 0 saturated carbocycles. The standard InChI is InChI=1S/C20H20N2O3S/c23-26(24,15-16-6-2-1-3-7-16)22-13-11-18(14-22)25-19-10-4-8-17-9-5-12-21-20(17)19/h1-10,12,18H,11,13-15H2. The molecule has 0 bridgehead atoms. The summed E-state index contributed by atoms with van der Waals surface area (Å²) in [6, 6.07) is 18.9. The Morgan fingerprint density at radius 3 is 2.69 bits per heavy atom. The maximum Gasteiger partial charge on any atom is 0.218 e. The lowest BCUT2D eigenvalue weighted by atomic mass is 10.2. The topological polar surface area (TPSA) is 59.5 Å². The van der Waals surface area contributed by atoms with Gasteiger partial charge in [0, 0.05) is 18.1 Å². The fourth-order valence-electron chi connectivity index (χ4n) is 3.27. The Kier molecular flexibility index (Phi) is 4.61. The molecule has 4 rings (SSSR count). The average Bonchev–Trinajstić information content (AvgIpc) is 3.12. The SMILES string of the molecule is O=S(=O)(Cc1ccccc1)N1CCC(Oc2cccc3cccnc23)C1. The molecule has 5 nitrogen and oxygen atoms in total. The van der Waals surface area contributed by atoms with Gasteiger partial charge in [-0.1, -0.05) is 48.5 Å². The van der Waals surface area contributed by atoms with Crippen molar-refractivity contribution in [1.29, 1.82) is 0 Å². The highest BCUT2D eigenvalue weighted by Crippen LogP contribution is 2.27. The zero-order chi connectivity index (χ0) is 18.0. The first-order valence-corrected chi connectivity index (χ1v) is 10.2. The van der Waals surface area contributed by atoms with E-state index in [2.05, 4.69) is 4.98 Å². The molecule has 1 aliphatic heterocycles. The van der Waals surface area contributed by atoms with Gasteiger partial charge >= 0.3 is 0 Å². The molecular weight excluding hydrogens is 348 g/mol. The first-order valence-electron chi connectivity index (χ1n) is 8.64. The average molecular weight is 368 g/mol. The number of aromatic nitrogens is 1. The van der Waals surface area contributed by atoms with Crippen LogP contribution in [0.2, 0.25) is 0 Å². The maximum atomic E-state index is 12.7. The van der Waals surface area contributed by atoms with Crippen molar-refractivity contribution in [2.45, 2.75) is 18.3 Å². The molecule has 3 aromatic rings. The van der Waals surface area contributed by atoms with Crippen molar-refractivity contribution in [2.24, 2.45) is 0 Å². The fourth-order valence-corrected chi connectivity index (χ4v) is 4.85. The van der Waals surface area contributed by atoms with Crippen LogP contribution in [0.1, 0.15) is 12.0 Å². The molecule has 1 saturated heterocycles. The van der Waals surface area contributed by atoms with E-state index >= 15 is 0 Å². The highest BCUT2D eigenvalue weighted by atomic mass is 32.2. The summed E-state index contributed by atoms with van der Waals surface area (Å²) in [5, 5.41) is 1.01. The third kappa shape index (κ3) is 3.57. The number of hydrogen-bond donors (Lipinski definition) is 0. The quantitative estimate of drug-likeness (QED) is 0.694. The molecule has 2 heterocycles. The number of sulfonamides is 1. The molecule has 0 radical (unpaired) electrons. The van der Waals surface area contributed by atoms with Crippen molar-refractivity contribution < 1.29 is 13.2 Å². The van der Waals surface area contributed by atoms with Crippen molar-refractivity contribution in [3.05, 3.63) is 72.4 Å². The number of ether oxygens (including phenoxy) is 1. The van der Waals surface area contributed by atoms with Gasteiger partial charge in [-0.25, -0.2) is 8.42 Å². The van der Waals surface area contributed by atoms with Crippen LogP contribution in [0.5, 0.6) is 5.75 Å². The number of nitrogens with zero attached hydrogens (tertiary/aromatic N) is 2. The molecule has 1 atom stereocenters. The summed E-state index contributed by atoms with van der Waals surface area (Å²) >= 11 is 0. The van der Waals surface area contributed by atoms with Crippen LogP contribution >= 0.6 is 0 Å². The summed E-state index contributed by atoms with van der Waals surface area (Å²) < 4.78 is 33.0. The van der Waals surface area contributed by atoms with Crippen molar-refractivity contribution >= 4 is 20.9 Å². The Bertz CT molecular complexity index is 1000. The van der Waals surface area contributed by atoms with Crippen LogP contribution in [-0.2, 0) is 15.8 Å². The van der Waals surface area contributed by atoms with Crippen LogP contribution in [0.15, 0.2) is 66.9 Å². The van der Waals surface area contributed by atoms with E-state index in [9.17, 15) is 8.42 Å². The van der Waals surface area contributed by atoms with Crippen LogP contribution < -0.4 is 4.74 Å². The van der Waals surface area contributed by atoms with E-state index in [4.69, 9.17) is 4.74 Å². The minimum Gasteiger partial charge on any atom is -0.487 e. The summed E-state index contributed by atoms with van der Waals surface area (Å²) in [6.07, 6.45) is 2.26. The van der Waals surface area contributed by atoms with Gasteiger partial charge < -0.3 is 4.74 Å². The van der Waals surface area contributed by atoms with Crippen LogP contribution in [-0.4, -0.2) is 36.9 Å². The number of para-hydroxylation sites is 1. The second-order valence-electron chi connectivity index (χ2n) is 6.46. The molecule has 1 aromatic heterocycles. The highest BCUT2D eigenvalue weighted by Gasteiger charge is 2.32. The number of fused-ring (bicyclic) bond motifs is 1. The number of benzene rings is 2. The molecule has 1 unspecified atom stereocenters. The second-order valence-corrected chi connectivity index (χ2v) is 8.43. The van der Waals surface area contributed by atoms with Gasteiger partial charge in [-0.15, -0.1) is 0 Å². The summed E-state index contributed by atoms with van der Waals surface area (Å²) in [7, 11) is -3.34. The first-order chi connectivity index (χ1) is 12.6. The molecular formula is C20H20N2O3S. The minimum atomic E-state index is -3.34. The molecule has 1 aliphatic rings. The third-order valence-corrected chi connectivity index (χ3v) is 6.40. The third-order valence-electron chi connectivity index (χ3n) is 4.58. The monoisotopic (exact) mass is 368 g/mol. The minimum absolute atomic E-state index is 0.0242. The summed E-state index contributed by atoms with van der Waals surface area (Å²) in [4.78, 5) is 4.39.